The van der Waals surface area contributed by atoms with Crippen LogP contribution in [0.4, 0.5) is 0 Å². The van der Waals surface area contributed by atoms with E-state index in [9.17, 15) is 4.79 Å². The SMILES string of the molecule is O=C(c1ccc(Br)o1)N1CCN(C2CCCCC2)CC1. The lowest BCUT2D eigenvalue weighted by molar-refractivity contribution is 0.0496. The van der Waals surface area contributed by atoms with Gasteiger partial charge in [0.05, 0.1) is 0 Å². The maximum Gasteiger partial charge on any atom is 0.289 e. The molecule has 4 nitrogen and oxygen atoms in total. The van der Waals surface area contributed by atoms with Crippen molar-refractivity contribution in [3.8, 4) is 0 Å². The molecule has 0 bridgehead atoms. The Kier molecular flexibility index (Phi) is 4.46. The van der Waals surface area contributed by atoms with E-state index >= 15 is 0 Å². The van der Waals surface area contributed by atoms with E-state index in [0.717, 1.165) is 32.2 Å². The highest BCUT2D eigenvalue weighted by Crippen LogP contribution is 2.24. The summed E-state index contributed by atoms with van der Waals surface area (Å²) in [5.74, 6) is 0.446. The summed E-state index contributed by atoms with van der Waals surface area (Å²) in [6.07, 6.45) is 6.79. The van der Waals surface area contributed by atoms with Crippen LogP contribution in [0.5, 0.6) is 0 Å². The average molecular weight is 341 g/mol. The van der Waals surface area contributed by atoms with Gasteiger partial charge in [0.25, 0.3) is 5.91 Å². The maximum atomic E-state index is 12.3. The Morgan fingerprint density at radius 1 is 1.10 bits per heavy atom. The Labute approximate surface area is 128 Å². The van der Waals surface area contributed by atoms with Crippen LogP contribution in [-0.2, 0) is 0 Å². The molecule has 0 unspecified atom stereocenters. The van der Waals surface area contributed by atoms with Crippen molar-refractivity contribution in [2.75, 3.05) is 26.2 Å². The smallest absolute Gasteiger partial charge is 0.289 e. The predicted octanol–water partition coefficient (Wildman–Crippen LogP) is 3.13. The van der Waals surface area contributed by atoms with Gasteiger partial charge in [-0.15, -0.1) is 0 Å². The summed E-state index contributed by atoms with van der Waals surface area (Å²) >= 11 is 3.24. The Morgan fingerprint density at radius 2 is 1.80 bits per heavy atom. The molecule has 1 amide bonds. The van der Waals surface area contributed by atoms with Crippen molar-refractivity contribution >= 4 is 21.8 Å². The summed E-state index contributed by atoms with van der Waals surface area (Å²) in [4.78, 5) is 16.8. The van der Waals surface area contributed by atoms with Crippen molar-refractivity contribution in [3.63, 3.8) is 0 Å². The van der Waals surface area contributed by atoms with Crippen LogP contribution in [-0.4, -0.2) is 47.9 Å². The molecule has 1 saturated carbocycles. The fourth-order valence-corrected chi connectivity index (χ4v) is 3.63. The summed E-state index contributed by atoms with van der Waals surface area (Å²) in [5.41, 5.74) is 0. The quantitative estimate of drug-likeness (QED) is 0.829. The lowest BCUT2D eigenvalue weighted by Gasteiger charge is -2.40. The standard InChI is InChI=1S/C15H21BrN2O2/c16-14-7-6-13(20-14)15(19)18-10-8-17(9-11-18)12-4-2-1-3-5-12/h6-7,12H,1-5,8-11H2. The third-order valence-corrected chi connectivity index (χ3v) is 4.90. The van der Waals surface area contributed by atoms with Crippen molar-refractivity contribution < 1.29 is 9.21 Å². The first-order valence-electron chi connectivity index (χ1n) is 7.53. The maximum absolute atomic E-state index is 12.3. The van der Waals surface area contributed by atoms with Gasteiger partial charge in [-0.25, -0.2) is 0 Å². The number of amides is 1. The molecule has 3 rings (SSSR count). The number of hydrogen-bond donors (Lipinski definition) is 0. The van der Waals surface area contributed by atoms with E-state index in [4.69, 9.17) is 4.42 Å². The van der Waals surface area contributed by atoms with Crippen LogP contribution in [0.25, 0.3) is 0 Å². The van der Waals surface area contributed by atoms with Gasteiger partial charge < -0.3 is 9.32 Å². The topological polar surface area (TPSA) is 36.7 Å². The molecule has 1 aromatic heterocycles. The summed E-state index contributed by atoms with van der Waals surface area (Å²) in [5, 5.41) is 0. The monoisotopic (exact) mass is 340 g/mol. The van der Waals surface area contributed by atoms with Gasteiger partial charge in [-0.3, -0.25) is 9.69 Å². The first-order valence-corrected chi connectivity index (χ1v) is 8.32. The summed E-state index contributed by atoms with van der Waals surface area (Å²) < 4.78 is 5.97. The Balaban J connectivity index is 1.54. The van der Waals surface area contributed by atoms with Gasteiger partial charge >= 0.3 is 0 Å². The summed E-state index contributed by atoms with van der Waals surface area (Å²) in [6.45, 7) is 3.62. The highest BCUT2D eigenvalue weighted by molar-refractivity contribution is 9.10. The number of hydrogen-bond acceptors (Lipinski definition) is 3. The molecule has 1 saturated heterocycles. The summed E-state index contributed by atoms with van der Waals surface area (Å²) in [7, 11) is 0. The number of carbonyl (C=O) groups is 1. The predicted molar refractivity (Wildman–Crippen MR) is 80.8 cm³/mol. The lowest BCUT2D eigenvalue weighted by atomic mass is 9.94. The molecule has 1 aliphatic heterocycles. The van der Waals surface area contributed by atoms with Gasteiger partial charge in [0, 0.05) is 32.2 Å². The molecule has 1 aromatic rings. The molecule has 110 valence electrons. The number of nitrogens with zero attached hydrogens (tertiary/aromatic N) is 2. The fourth-order valence-electron chi connectivity index (χ4n) is 3.32. The van der Waals surface area contributed by atoms with E-state index in [1.165, 1.54) is 32.1 Å². The largest absolute Gasteiger partial charge is 0.444 e. The van der Waals surface area contributed by atoms with Crippen LogP contribution in [0.1, 0.15) is 42.7 Å². The number of carbonyl (C=O) groups excluding carboxylic acids is 1. The molecule has 5 heteroatoms. The summed E-state index contributed by atoms with van der Waals surface area (Å²) in [6, 6.07) is 4.25. The Bertz CT molecular complexity index is 460. The van der Waals surface area contributed by atoms with Crippen LogP contribution < -0.4 is 0 Å². The van der Waals surface area contributed by atoms with Crippen LogP contribution in [0.2, 0.25) is 0 Å². The molecule has 0 radical (unpaired) electrons. The molecule has 0 spiro atoms. The first kappa shape index (κ1) is 14.1. The number of rotatable bonds is 2. The van der Waals surface area contributed by atoms with Gasteiger partial charge in [-0.2, -0.15) is 0 Å². The second-order valence-corrected chi connectivity index (χ2v) is 6.51. The van der Waals surface area contributed by atoms with E-state index in [1.54, 1.807) is 12.1 Å². The average Bonchev–Trinajstić information content (AvgIpc) is 2.94. The van der Waals surface area contributed by atoms with Gasteiger partial charge in [0.15, 0.2) is 10.4 Å². The molecule has 0 atom stereocenters. The molecular formula is C15H21BrN2O2. The van der Waals surface area contributed by atoms with Crippen LogP contribution >= 0.6 is 15.9 Å². The van der Waals surface area contributed by atoms with Crippen LogP contribution in [0.15, 0.2) is 21.2 Å². The van der Waals surface area contributed by atoms with Crippen molar-refractivity contribution in [3.05, 3.63) is 22.6 Å². The second-order valence-electron chi connectivity index (χ2n) is 5.72. The molecule has 0 aromatic carbocycles. The van der Waals surface area contributed by atoms with Crippen molar-refractivity contribution in [1.29, 1.82) is 0 Å². The fraction of sp³-hybridized carbons (Fsp3) is 0.667. The van der Waals surface area contributed by atoms with Crippen LogP contribution in [0.3, 0.4) is 0 Å². The highest BCUT2D eigenvalue weighted by Gasteiger charge is 2.28. The first-order chi connectivity index (χ1) is 9.74. The van der Waals surface area contributed by atoms with Gasteiger partial charge in [-0.1, -0.05) is 19.3 Å². The van der Waals surface area contributed by atoms with E-state index in [2.05, 4.69) is 20.8 Å². The molecular weight excluding hydrogens is 320 g/mol. The van der Waals surface area contributed by atoms with Gasteiger partial charge in [-0.05, 0) is 40.9 Å². The second kappa shape index (κ2) is 6.31. The zero-order chi connectivity index (χ0) is 13.9. The van der Waals surface area contributed by atoms with Crippen molar-refractivity contribution in [2.24, 2.45) is 0 Å². The number of piperazine rings is 1. The highest BCUT2D eigenvalue weighted by atomic mass is 79.9. The van der Waals surface area contributed by atoms with Crippen molar-refractivity contribution in [2.45, 2.75) is 38.1 Å². The lowest BCUT2D eigenvalue weighted by Crippen LogP contribution is -2.52. The van der Waals surface area contributed by atoms with E-state index in [1.807, 2.05) is 4.90 Å². The molecule has 0 N–H and O–H groups in total. The Morgan fingerprint density at radius 3 is 2.40 bits per heavy atom. The minimum absolute atomic E-state index is 0.0130. The van der Waals surface area contributed by atoms with E-state index in [0.29, 0.717) is 10.4 Å². The van der Waals surface area contributed by atoms with E-state index < -0.39 is 0 Å². The van der Waals surface area contributed by atoms with Crippen molar-refractivity contribution in [1.82, 2.24) is 9.80 Å². The minimum Gasteiger partial charge on any atom is -0.444 e. The van der Waals surface area contributed by atoms with E-state index in [-0.39, 0.29) is 5.91 Å². The Hall–Kier alpha value is -0.810. The van der Waals surface area contributed by atoms with Crippen LogP contribution in [0, 0.1) is 0 Å². The van der Waals surface area contributed by atoms with Gasteiger partial charge in [0.1, 0.15) is 0 Å². The molecule has 2 fully saturated rings. The normalized spacial score (nSPS) is 22.1. The number of halogens is 1. The zero-order valence-corrected chi connectivity index (χ0v) is 13.3. The zero-order valence-electron chi connectivity index (χ0n) is 11.7. The third kappa shape index (κ3) is 3.09. The molecule has 1 aliphatic carbocycles. The minimum atomic E-state index is 0.0130. The molecule has 2 heterocycles. The number of furan rings is 1. The third-order valence-electron chi connectivity index (χ3n) is 4.48. The van der Waals surface area contributed by atoms with Gasteiger partial charge in [0.2, 0.25) is 0 Å². The molecule has 20 heavy (non-hydrogen) atoms. The molecule has 2 aliphatic rings.